The summed E-state index contributed by atoms with van der Waals surface area (Å²) in [7, 11) is -3.62. The van der Waals surface area contributed by atoms with Crippen molar-refractivity contribution in [3.05, 3.63) is 46.4 Å². The Morgan fingerprint density at radius 2 is 2.10 bits per heavy atom. The van der Waals surface area contributed by atoms with Crippen LogP contribution >= 0.6 is 0 Å². The average molecular weight is 583 g/mol. The van der Waals surface area contributed by atoms with E-state index in [1.165, 1.54) is 10.5 Å². The Bertz CT molecular complexity index is 1700. The van der Waals surface area contributed by atoms with E-state index in [-0.39, 0.29) is 47.3 Å². The van der Waals surface area contributed by atoms with E-state index in [1.54, 1.807) is 42.8 Å². The highest BCUT2D eigenvalue weighted by Gasteiger charge is 2.43. The second kappa shape index (κ2) is 10.3. The summed E-state index contributed by atoms with van der Waals surface area (Å²) in [4.78, 5) is 28.4. The number of ether oxygens (including phenoxy) is 2. The fourth-order valence-corrected chi connectivity index (χ4v) is 7.45. The number of anilines is 2. The van der Waals surface area contributed by atoms with Crippen molar-refractivity contribution >= 4 is 38.4 Å². The molecule has 5 rings (SSSR count). The topological polar surface area (TPSA) is 159 Å². The molecule has 2 aliphatic heterocycles. The van der Waals surface area contributed by atoms with E-state index < -0.39 is 33.2 Å². The molecule has 0 amide bonds. The molecule has 12 nitrogen and oxygen atoms in total. The lowest BCUT2D eigenvalue weighted by Crippen LogP contribution is -2.47. The number of esters is 1. The molecule has 2 N–H and O–H groups in total. The van der Waals surface area contributed by atoms with Gasteiger partial charge in [0.05, 0.1) is 41.2 Å². The van der Waals surface area contributed by atoms with Gasteiger partial charge in [0.2, 0.25) is 10.0 Å². The van der Waals surface area contributed by atoms with Crippen LogP contribution in [0.1, 0.15) is 59.4 Å². The number of H-pyrrole nitrogens is 1. The molecular formula is C28H34N6O6S. The van der Waals surface area contributed by atoms with Crippen molar-refractivity contribution in [2.45, 2.75) is 88.6 Å². The third kappa shape index (κ3) is 5.11. The van der Waals surface area contributed by atoms with E-state index in [4.69, 9.17) is 14.6 Å². The van der Waals surface area contributed by atoms with Crippen molar-refractivity contribution in [2.75, 3.05) is 11.9 Å². The summed E-state index contributed by atoms with van der Waals surface area (Å²) in [5, 5.41) is 18.0. The van der Waals surface area contributed by atoms with Crippen LogP contribution in [0.25, 0.3) is 10.9 Å². The van der Waals surface area contributed by atoms with E-state index >= 15 is 0 Å². The molecule has 0 radical (unpaired) electrons. The zero-order chi connectivity index (χ0) is 29.7. The van der Waals surface area contributed by atoms with Gasteiger partial charge in [-0.3, -0.25) is 9.48 Å². The van der Waals surface area contributed by atoms with Gasteiger partial charge in [0.15, 0.2) is 11.9 Å². The number of hydrogen-bond acceptors (Lipinski definition) is 9. The Hall–Kier alpha value is -3.73. The number of nitrogens with zero attached hydrogens (tertiary/aromatic N) is 4. The Morgan fingerprint density at radius 3 is 2.73 bits per heavy atom. The lowest BCUT2D eigenvalue weighted by molar-refractivity contribution is -0.169. The van der Waals surface area contributed by atoms with E-state index in [0.29, 0.717) is 29.6 Å². The van der Waals surface area contributed by atoms with E-state index in [2.05, 4.69) is 16.4 Å². The smallest absolute Gasteiger partial charge is 0.335 e. The number of aromatic amines is 1. The second-order valence-electron chi connectivity index (χ2n) is 11.8. The minimum Gasteiger partial charge on any atom is -0.461 e. The van der Waals surface area contributed by atoms with Crippen LogP contribution in [-0.4, -0.2) is 57.8 Å². The number of carbonyl (C=O) groups is 1. The number of hydrogen-bond donors (Lipinski definition) is 2. The van der Waals surface area contributed by atoms with Crippen molar-refractivity contribution in [3.63, 3.8) is 0 Å². The number of nitriles is 1. The maximum absolute atomic E-state index is 13.1. The van der Waals surface area contributed by atoms with Crippen molar-refractivity contribution in [1.29, 1.82) is 5.26 Å². The number of sulfonamides is 1. The second-order valence-corrected chi connectivity index (χ2v) is 13.7. The largest absolute Gasteiger partial charge is 0.461 e. The van der Waals surface area contributed by atoms with E-state index in [0.717, 1.165) is 0 Å². The van der Waals surface area contributed by atoms with Gasteiger partial charge in [-0.25, -0.2) is 13.2 Å². The first-order valence-electron chi connectivity index (χ1n) is 13.5. The lowest BCUT2D eigenvalue weighted by Gasteiger charge is -2.38. The molecule has 41 heavy (non-hydrogen) atoms. The molecule has 2 aromatic heterocycles. The third-order valence-electron chi connectivity index (χ3n) is 7.45. The summed E-state index contributed by atoms with van der Waals surface area (Å²) in [5.74, 6) is -0.188. The van der Waals surface area contributed by atoms with Gasteiger partial charge in [-0.2, -0.15) is 14.7 Å². The first kappa shape index (κ1) is 28.8. The van der Waals surface area contributed by atoms with Gasteiger partial charge in [-0.1, -0.05) is 0 Å². The minimum atomic E-state index is -3.62. The normalized spacial score (nSPS) is 22.4. The van der Waals surface area contributed by atoms with Crippen molar-refractivity contribution in [2.24, 2.45) is 0 Å². The summed E-state index contributed by atoms with van der Waals surface area (Å²) < 4.78 is 40.5. The van der Waals surface area contributed by atoms with E-state index in [9.17, 15) is 23.3 Å². The standard InChI is InChI=1S/C28H34N6O6S/c1-17(2)40-26(36)21-8-10-28(11-12-29,16-39-21)34-20-9-13-30-25(35)23(20)24(32-34)31-19-6-7-22-18(14-19)15-33(27(3,4)5)41(22,37)38/h6-7,9,13-14,17,21H,8,10-11,15-16H2,1-5H3,(H,30,35)(H,31,32). The van der Waals surface area contributed by atoms with Gasteiger partial charge in [0.25, 0.3) is 5.56 Å². The highest BCUT2D eigenvalue weighted by Crippen LogP contribution is 2.39. The predicted octanol–water partition coefficient (Wildman–Crippen LogP) is 3.51. The Labute approximate surface area is 238 Å². The van der Waals surface area contributed by atoms with Gasteiger partial charge in [0.1, 0.15) is 5.39 Å². The average Bonchev–Trinajstić information content (AvgIpc) is 3.39. The Kier molecular flexibility index (Phi) is 7.21. The molecule has 0 bridgehead atoms. The van der Waals surface area contributed by atoms with Crippen LogP contribution in [0, 0.1) is 11.3 Å². The summed E-state index contributed by atoms with van der Waals surface area (Å²) in [6.45, 7) is 9.34. The van der Waals surface area contributed by atoms with Gasteiger partial charge in [-0.05, 0) is 77.3 Å². The van der Waals surface area contributed by atoms with Crippen LogP contribution in [-0.2, 0) is 36.4 Å². The molecule has 0 saturated carbocycles. The van der Waals surface area contributed by atoms with E-state index in [1.807, 2.05) is 20.8 Å². The number of rotatable bonds is 6. The number of pyridine rings is 1. The van der Waals surface area contributed by atoms with Gasteiger partial charge < -0.3 is 19.8 Å². The molecule has 1 fully saturated rings. The molecule has 13 heteroatoms. The van der Waals surface area contributed by atoms with Crippen molar-refractivity contribution < 1.29 is 22.7 Å². The highest BCUT2D eigenvalue weighted by molar-refractivity contribution is 7.89. The quantitative estimate of drug-likeness (QED) is 0.415. The van der Waals surface area contributed by atoms with Crippen LogP contribution in [0.5, 0.6) is 0 Å². The zero-order valence-electron chi connectivity index (χ0n) is 23.7. The molecule has 1 aromatic carbocycles. The minimum absolute atomic E-state index is 0.0286. The van der Waals surface area contributed by atoms with Crippen LogP contribution in [0.4, 0.5) is 11.5 Å². The third-order valence-corrected chi connectivity index (χ3v) is 9.67. The maximum Gasteiger partial charge on any atom is 0.335 e. The summed E-state index contributed by atoms with van der Waals surface area (Å²) >= 11 is 0. The van der Waals surface area contributed by atoms with Crippen LogP contribution < -0.4 is 10.9 Å². The molecule has 0 aliphatic carbocycles. The van der Waals surface area contributed by atoms with Crippen LogP contribution in [0.15, 0.2) is 40.2 Å². The van der Waals surface area contributed by atoms with Crippen molar-refractivity contribution in [1.82, 2.24) is 19.1 Å². The van der Waals surface area contributed by atoms with Gasteiger partial charge in [0, 0.05) is 24.0 Å². The molecule has 0 spiro atoms. The number of aromatic nitrogens is 3. The SMILES string of the molecule is CC(C)OC(=O)C1CCC(CC#N)(n2nc(Nc3ccc4c(c3)CN(C(C)(C)C)S4(=O)=O)c3c(=O)[nH]ccc32)CO1. The Morgan fingerprint density at radius 1 is 1.34 bits per heavy atom. The monoisotopic (exact) mass is 582 g/mol. The molecule has 2 unspecified atom stereocenters. The number of nitrogens with one attached hydrogen (secondary N) is 2. The summed E-state index contributed by atoms with van der Waals surface area (Å²) in [6, 6.07) is 8.88. The molecule has 1 saturated heterocycles. The number of carbonyl (C=O) groups excluding carboxylic acids is 1. The Balaban J connectivity index is 1.51. The molecule has 2 aliphatic rings. The maximum atomic E-state index is 13.1. The molecular weight excluding hydrogens is 548 g/mol. The number of fused-ring (bicyclic) bond motifs is 2. The zero-order valence-corrected chi connectivity index (χ0v) is 24.5. The highest BCUT2D eigenvalue weighted by atomic mass is 32.2. The molecule has 3 aromatic rings. The fraction of sp³-hybridized carbons (Fsp3) is 0.500. The first-order valence-corrected chi connectivity index (χ1v) is 14.9. The first-order chi connectivity index (χ1) is 19.3. The van der Waals surface area contributed by atoms with Crippen LogP contribution in [0.3, 0.4) is 0 Å². The van der Waals surface area contributed by atoms with Crippen molar-refractivity contribution in [3.8, 4) is 6.07 Å². The molecule has 4 heterocycles. The molecule has 218 valence electrons. The summed E-state index contributed by atoms with van der Waals surface area (Å²) in [5.41, 5.74) is -0.176. The fourth-order valence-electron chi connectivity index (χ4n) is 5.49. The van der Waals surface area contributed by atoms with Gasteiger partial charge >= 0.3 is 5.97 Å². The molecule has 2 atom stereocenters. The van der Waals surface area contributed by atoms with Gasteiger partial charge in [-0.15, -0.1) is 0 Å². The predicted molar refractivity (Wildman–Crippen MR) is 151 cm³/mol. The van der Waals surface area contributed by atoms with Crippen LogP contribution in [0.2, 0.25) is 0 Å². The number of benzene rings is 1. The lowest BCUT2D eigenvalue weighted by atomic mass is 9.87. The summed E-state index contributed by atoms with van der Waals surface area (Å²) in [6.07, 6.45) is 1.26.